The van der Waals surface area contributed by atoms with Crippen molar-refractivity contribution in [1.82, 2.24) is 9.91 Å². The monoisotopic (exact) mass is 479 g/mol. The largest absolute Gasteiger partial charge is 0.464 e. The summed E-state index contributed by atoms with van der Waals surface area (Å²) in [6, 6.07) is 18.9. The van der Waals surface area contributed by atoms with E-state index in [9.17, 15) is 0 Å². The lowest BCUT2D eigenvalue weighted by molar-refractivity contribution is -0.149. The maximum atomic E-state index is 6.74. The summed E-state index contributed by atoms with van der Waals surface area (Å²) in [4.78, 5) is 2.52. The highest BCUT2D eigenvalue weighted by atomic mass is 35.5. The Kier molecular flexibility index (Phi) is 5.28. The van der Waals surface area contributed by atoms with Crippen LogP contribution in [0.15, 0.2) is 59.7 Å². The molecule has 3 aliphatic rings. The summed E-state index contributed by atoms with van der Waals surface area (Å²) in [6.45, 7) is 5.35. The number of ether oxygens (including phenoxy) is 1. The van der Waals surface area contributed by atoms with E-state index >= 15 is 0 Å². The standard InChI is InChI=1S/C27H27Cl2N3O/c1-2-11-31-12-9-27(10-13-31)32-25(22-15-21(28)16-23(29)26(22)33-27)17-24(30-32)20-8-7-18-5-3-4-6-19(18)14-20/h3-8,14-16,25H,2,9-13,17H2,1H3. The van der Waals surface area contributed by atoms with Gasteiger partial charge in [0.25, 0.3) is 0 Å². The summed E-state index contributed by atoms with van der Waals surface area (Å²) in [5, 5.41) is 11.1. The second-order valence-corrected chi connectivity index (χ2v) is 10.2. The Morgan fingerprint density at radius 1 is 1.03 bits per heavy atom. The lowest BCUT2D eigenvalue weighted by atomic mass is 9.90. The van der Waals surface area contributed by atoms with Crippen molar-refractivity contribution in [2.75, 3.05) is 19.6 Å². The van der Waals surface area contributed by atoms with E-state index in [1.807, 2.05) is 6.07 Å². The van der Waals surface area contributed by atoms with Crippen LogP contribution in [0.25, 0.3) is 10.8 Å². The Balaban J connectivity index is 1.42. The van der Waals surface area contributed by atoms with E-state index < -0.39 is 5.72 Å². The van der Waals surface area contributed by atoms with Crippen LogP contribution >= 0.6 is 23.2 Å². The summed E-state index contributed by atoms with van der Waals surface area (Å²) in [5.41, 5.74) is 2.82. The van der Waals surface area contributed by atoms with Crippen LogP contribution in [0, 0.1) is 0 Å². The zero-order valence-corrected chi connectivity index (χ0v) is 20.2. The van der Waals surface area contributed by atoms with E-state index in [1.165, 1.54) is 10.8 Å². The molecule has 3 aliphatic heterocycles. The first-order valence-electron chi connectivity index (χ1n) is 11.8. The highest BCUT2D eigenvalue weighted by Gasteiger charge is 2.52. The van der Waals surface area contributed by atoms with Crippen LogP contribution in [-0.2, 0) is 0 Å². The summed E-state index contributed by atoms with van der Waals surface area (Å²) >= 11 is 13.1. The SMILES string of the molecule is CCCN1CCC2(CC1)Oc1c(Cl)cc(Cl)cc1C1CC(c3ccc4ccccc4c3)=NN12. The van der Waals surface area contributed by atoms with Crippen LogP contribution in [0.4, 0.5) is 0 Å². The van der Waals surface area contributed by atoms with Crippen molar-refractivity contribution in [2.24, 2.45) is 5.10 Å². The van der Waals surface area contributed by atoms with E-state index in [-0.39, 0.29) is 6.04 Å². The average molecular weight is 480 g/mol. The minimum atomic E-state index is -0.474. The number of likely N-dealkylation sites (tertiary alicyclic amines) is 1. The predicted molar refractivity (Wildman–Crippen MR) is 135 cm³/mol. The molecule has 0 saturated carbocycles. The van der Waals surface area contributed by atoms with Gasteiger partial charge < -0.3 is 9.64 Å². The second-order valence-electron chi connectivity index (χ2n) is 9.37. The molecule has 1 spiro atoms. The Labute approximate surface area is 204 Å². The first-order chi connectivity index (χ1) is 16.1. The number of fused-ring (bicyclic) bond motifs is 5. The molecule has 6 rings (SSSR count). The van der Waals surface area contributed by atoms with Gasteiger partial charge in [-0.2, -0.15) is 5.10 Å². The number of hydrogen-bond acceptors (Lipinski definition) is 4. The number of hydrazone groups is 1. The molecule has 0 aromatic heterocycles. The highest BCUT2D eigenvalue weighted by molar-refractivity contribution is 6.35. The topological polar surface area (TPSA) is 28.1 Å². The molecule has 3 aromatic rings. The third kappa shape index (κ3) is 3.60. The fourth-order valence-corrected chi connectivity index (χ4v) is 6.16. The number of halogens is 2. The normalized spacial score (nSPS) is 21.6. The van der Waals surface area contributed by atoms with Gasteiger partial charge in [-0.1, -0.05) is 66.5 Å². The molecule has 0 aliphatic carbocycles. The van der Waals surface area contributed by atoms with Crippen molar-refractivity contribution in [3.05, 3.63) is 75.8 Å². The minimum Gasteiger partial charge on any atom is -0.464 e. The van der Waals surface area contributed by atoms with Crippen LogP contribution in [0.3, 0.4) is 0 Å². The van der Waals surface area contributed by atoms with E-state index in [0.717, 1.165) is 67.9 Å². The summed E-state index contributed by atoms with van der Waals surface area (Å²) < 4.78 is 6.74. The van der Waals surface area contributed by atoms with Crippen LogP contribution in [-0.4, -0.2) is 41.0 Å². The lowest BCUT2D eigenvalue weighted by Crippen LogP contribution is -2.59. The van der Waals surface area contributed by atoms with Crippen LogP contribution in [0.5, 0.6) is 5.75 Å². The Hall–Kier alpha value is -2.27. The first kappa shape index (κ1) is 21.3. The van der Waals surface area contributed by atoms with Crippen LogP contribution in [0.2, 0.25) is 10.0 Å². The van der Waals surface area contributed by atoms with Crippen LogP contribution in [0.1, 0.15) is 49.8 Å². The molecule has 6 heteroatoms. The lowest BCUT2D eigenvalue weighted by Gasteiger charge is -2.51. The van der Waals surface area contributed by atoms with E-state index in [2.05, 4.69) is 59.3 Å². The van der Waals surface area contributed by atoms with Gasteiger partial charge in [0.15, 0.2) is 0 Å². The van der Waals surface area contributed by atoms with Crippen molar-refractivity contribution in [1.29, 1.82) is 0 Å². The Morgan fingerprint density at radius 2 is 1.82 bits per heavy atom. The van der Waals surface area contributed by atoms with Gasteiger partial charge >= 0.3 is 0 Å². The first-order valence-corrected chi connectivity index (χ1v) is 12.6. The molecule has 3 heterocycles. The Morgan fingerprint density at radius 3 is 2.61 bits per heavy atom. The molecule has 1 unspecified atom stereocenters. The fourth-order valence-electron chi connectivity index (χ4n) is 5.62. The van der Waals surface area contributed by atoms with Crippen LogP contribution < -0.4 is 4.74 Å². The molecule has 0 radical (unpaired) electrons. The van der Waals surface area contributed by atoms with Gasteiger partial charge in [0.2, 0.25) is 5.72 Å². The van der Waals surface area contributed by atoms with Crippen molar-refractivity contribution >= 4 is 39.7 Å². The van der Waals surface area contributed by atoms with Crippen molar-refractivity contribution in [3.63, 3.8) is 0 Å². The Bertz CT molecular complexity index is 1250. The number of hydrogen-bond donors (Lipinski definition) is 0. The molecule has 0 bridgehead atoms. The number of benzene rings is 3. The number of rotatable bonds is 3. The van der Waals surface area contributed by atoms with Gasteiger partial charge in [0, 0.05) is 42.9 Å². The summed E-state index contributed by atoms with van der Waals surface area (Å²) in [5.74, 6) is 0.779. The molecular formula is C27H27Cl2N3O. The van der Waals surface area contributed by atoms with Gasteiger partial charge in [-0.3, -0.25) is 0 Å². The molecule has 33 heavy (non-hydrogen) atoms. The second kappa shape index (κ2) is 8.19. The van der Waals surface area contributed by atoms with E-state index in [0.29, 0.717) is 10.0 Å². The van der Waals surface area contributed by atoms with Crippen molar-refractivity contribution in [2.45, 2.75) is 44.4 Å². The number of nitrogens with zero attached hydrogens (tertiary/aromatic N) is 3. The molecule has 1 atom stereocenters. The molecular weight excluding hydrogens is 453 g/mol. The van der Waals surface area contributed by atoms with E-state index in [1.54, 1.807) is 6.07 Å². The zero-order chi connectivity index (χ0) is 22.6. The zero-order valence-electron chi connectivity index (χ0n) is 18.7. The van der Waals surface area contributed by atoms with Gasteiger partial charge in [0.05, 0.1) is 16.8 Å². The highest BCUT2D eigenvalue weighted by Crippen LogP contribution is 2.52. The molecule has 1 fully saturated rings. The maximum absolute atomic E-state index is 6.74. The van der Waals surface area contributed by atoms with Gasteiger partial charge in [-0.05, 0) is 47.5 Å². The molecule has 0 amide bonds. The van der Waals surface area contributed by atoms with Crippen molar-refractivity contribution in [3.8, 4) is 5.75 Å². The molecule has 3 aromatic carbocycles. The quantitative estimate of drug-likeness (QED) is 0.409. The minimum absolute atomic E-state index is 0.0733. The molecule has 4 nitrogen and oxygen atoms in total. The van der Waals surface area contributed by atoms with Gasteiger partial charge in [-0.15, -0.1) is 0 Å². The predicted octanol–water partition coefficient (Wildman–Crippen LogP) is 6.89. The average Bonchev–Trinajstić information content (AvgIpc) is 3.28. The maximum Gasteiger partial charge on any atom is 0.200 e. The van der Waals surface area contributed by atoms with Crippen molar-refractivity contribution < 1.29 is 4.74 Å². The molecule has 170 valence electrons. The smallest absolute Gasteiger partial charge is 0.200 e. The van der Waals surface area contributed by atoms with E-state index in [4.69, 9.17) is 33.0 Å². The fraction of sp³-hybridized carbons (Fsp3) is 0.370. The molecule has 1 saturated heterocycles. The summed E-state index contributed by atoms with van der Waals surface area (Å²) in [7, 11) is 0. The summed E-state index contributed by atoms with van der Waals surface area (Å²) in [6.07, 6.45) is 3.77. The third-order valence-electron chi connectivity index (χ3n) is 7.28. The molecule has 0 N–H and O–H groups in total. The van der Waals surface area contributed by atoms with Gasteiger partial charge in [0.1, 0.15) is 5.75 Å². The van der Waals surface area contributed by atoms with Gasteiger partial charge in [-0.25, -0.2) is 5.01 Å². The third-order valence-corrected chi connectivity index (χ3v) is 7.77. The number of piperidine rings is 1.